The summed E-state index contributed by atoms with van der Waals surface area (Å²) in [4.78, 5) is 19.3. The molecule has 5 nitrogen and oxygen atoms in total. The van der Waals surface area contributed by atoms with E-state index in [-0.39, 0.29) is 11.9 Å². The van der Waals surface area contributed by atoms with E-state index < -0.39 is 0 Å². The van der Waals surface area contributed by atoms with Gasteiger partial charge in [0.1, 0.15) is 13.3 Å². The van der Waals surface area contributed by atoms with Crippen molar-refractivity contribution in [2.24, 2.45) is 11.1 Å². The van der Waals surface area contributed by atoms with Crippen LogP contribution in [0.4, 0.5) is 0 Å². The summed E-state index contributed by atoms with van der Waals surface area (Å²) in [6.07, 6.45) is 5.89. The van der Waals surface area contributed by atoms with Gasteiger partial charge in [-0.2, -0.15) is 0 Å². The maximum Gasteiger partial charge on any atom is 0.266 e. The number of rotatable bonds is 5. The number of benzene rings is 1. The molecule has 1 aromatic carbocycles. The van der Waals surface area contributed by atoms with E-state index in [9.17, 15) is 4.79 Å². The normalized spacial score (nSPS) is 28.0. The van der Waals surface area contributed by atoms with Gasteiger partial charge in [0.05, 0.1) is 6.04 Å². The first-order valence-electron chi connectivity index (χ1n) is 8.43. The van der Waals surface area contributed by atoms with Crippen LogP contribution < -0.4 is 5.32 Å². The lowest BCUT2D eigenvalue weighted by molar-refractivity contribution is -0.115. The van der Waals surface area contributed by atoms with Crippen molar-refractivity contribution in [1.82, 2.24) is 10.2 Å². The maximum absolute atomic E-state index is 12.2. The topological polar surface area (TPSA) is 53.9 Å². The van der Waals surface area contributed by atoms with Crippen molar-refractivity contribution < 1.29 is 9.63 Å². The first kappa shape index (κ1) is 17.2. The van der Waals surface area contributed by atoms with E-state index in [2.05, 4.69) is 27.3 Å². The number of carbonyl (C=O) groups excluding carboxylic acids is 1. The van der Waals surface area contributed by atoms with Crippen molar-refractivity contribution in [3.8, 4) is 0 Å². The fourth-order valence-corrected chi connectivity index (χ4v) is 4.29. The minimum absolute atomic E-state index is 0.0325. The second kappa shape index (κ2) is 7.53. The standard InChI is InChI=1S/C18H24ClN3O2/c1-22-15-7-8-16(22)10-13(9-15)18(21-17(23)11-20-24-2)12-3-5-14(19)6-4-12/h3-6,11,13,15-16,18H,7-10H2,1-2H3,(H,21,23). The predicted octanol–water partition coefficient (Wildman–Crippen LogP) is 3.00. The maximum atomic E-state index is 12.2. The summed E-state index contributed by atoms with van der Waals surface area (Å²) in [5.74, 6) is 0.183. The molecule has 3 atom stereocenters. The van der Waals surface area contributed by atoms with Crippen LogP contribution in [0.1, 0.15) is 37.3 Å². The number of oxime groups is 1. The third-order valence-corrected chi connectivity index (χ3v) is 5.66. The van der Waals surface area contributed by atoms with E-state index in [0.717, 1.165) is 18.4 Å². The Bertz CT molecular complexity index is 591. The lowest BCUT2D eigenvalue weighted by Crippen LogP contribution is -2.45. The molecule has 1 N–H and O–H groups in total. The average molecular weight is 350 g/mol. The van der Waals surface area contributed by atoms with E-state index in [1.165, 1.54) is 26.2 Å². The van der Waals surface area contributed by atoms with Gasteiger partial charge in [-0.05, 0) is 56.3 Å². The summed E-state index contributed by atoms with van der Waals surface area (Å²) in [5.41, 5.74) is 1.09. The van der Waals surface area contributed by atoms with Crippen molar-refractivity contribution in [1.29, 1.82) is 0 Å². The van der Waals surface area contributed by atoms with E-state index in [4.69, 9.17) is 11.6 Å². The fraction of sp³-hybridized carbons (Fsp3) is 0.556. The SMILES string of the molecule is CON=CC(=O)NC(c1ccc(Cl)cc1)C1CC2CCC(C1)N2C. The smallest absolute Gasteiger partial charge is 0.266 e. The predicted molar refractivity (Wildman–Crippen MR) is 95.1 cm³/mol. The van der Waals surface area contributed by atoms with Crippen LogP contribution in [-0.2, 0) is 9.63 Å². The molecule has 2 fully saturated rings. The van der Waals surface area contributed by atoms with Gasteiger partial charge < -0.3 is 15.1 Å². The number of carbonyl (C=O) groups is 1. The van der Waals surface area contributed by atoms with Crippen LogP contribution in [0.2, 0.25) is 5.02 Å². The molecular formula is C18H24ClN3O2. The fourth-order valence-electron chi connectivity index (χ4n) is 4.16. The number of amides is 1. The number of nitrogens with zero attached hydrogens (tertiary/aromatic N) is 2. The van der Waals surface area contributed by atoms with Crippen molar-refractivity contribution in [2.45, 2.75) is 43.8 Å². The highest BCUT2D eigenvalue weighted by Crippen LogP contribution is 2.42. The lowest BCUT2D eigenvalue weighted by Gasteiger charge is -2.40. The molecule has 0 aromatic heterocycles. The molecule has 2 bridgehead atoms. The second-order valence-electron chi connectivity index (χ2n) is 6.74. The van der Waals surface area contributed by atoms with Gasteiger partial charge in [0.25, 0.3) is 5.91 Å². The highest BCUT2D eigenvalue weighted by atomic mass is 35.5. The third-order valence-electron chi connectivity index (χ3n) is 5.41. The Kier molecular flexibility index (Phi) is 5.41. The Balaban J connectivity index is 1.80. The van der Waals surface area contributed by atoms with Crippen LogP contribution in [0, 0.1) is 5.92 Å². The van der Waals surface area contributed by atoms with Crippen LogP contribution in [0.25, 0.3) is 0 Å². The highest BCUT2D eigenvalue weighted by molar-refractivity contribution is 6.30. The zero-order chi connectivity index (χ0) is 17.1. The van der Waals surface area contributed by atoms with Gasteiger partial charge in [-0.3, -0.25) is 4.79 Å². The number of piperidine rings is 1. The minimum atomic E-state index is -0.233. The number of hydrogen-bond acceptors (Lipinski definition) is 4. The number of nitrogens with one attached hydrogen (secondary N) is 1. The van der Waals surface area contributed by atoms with Crippen molar-refractivity contribution in [3.05, 3.63) is 34.9 Å². The van der Waals surface area contributed by atoms with E-state index in [0.29, 0.717) is 23.0 Å². The molecule has 3 unspecified atom stereocenters. The summed E-state index contributed by atoms with van der Waals surface area (Å²) in [5, 5.41) is 7.38. The molecule has 2 aliphatic rings. The Labute approximate surface area is 148 Å². The Morgan fingerprint density at radius 2 is 1.96 bits per heavy atom. The first-order chi connectivity index (χ1) is 11.6. The Morgan fingerprint density at radius 3 is 2.54 bits per heavy atom. The molecule has 24 heavy (non-hydrogen) atoms. The summed E-state index contributed by atoms with van der Waals surface area (Å²) >= 11 is 6.02. The van der Waals surface area contributed by atoms with Gasteiger partial charge in [-0.25, -0.2) is 0 Å². The zero-order valence-electron chi connectivity index (χ0n) is 14.1. The number of hydrogen-bond donors (Lipinski definition) is 1. The number of fused-ring (bicyclic) bond motifs is 2. The third kappa shape index (κ3) is 3.73. The van der Waals surface area contributed by atoms with Crippen LogP contribution in [0.15, 0.2) is 29.4 Å². The largest absolute Gasteiger partial charge is 0.399 e. The Morgan fingerprint density at radius 1 is 1.33 bits per heavy atom. The lowest BCUT2D eigenvalue weighted by atomic mass is 9.82. The molecule has 3 rings (SSSR count). The van der Waals surface area contributed by atoms with Gasteiger partial charge in [0.2, 0.25) is 0 Å². The van der Waals surface area contributed by atoms with E-state index in [1.54, 1.807) is 0 Å². The van der Waals surface area contributed by atoms with Gasteiger partial charge in [-0.15, -0.1) is 0 Å². The molecule has 2 heterocycles. The van der Waals surface area contributed by atoms with Gasteiger partial charge in [-0.1, -0.05) is 28.9 Å². The molecule has 0 spiro atoms. The zero-order valence-corrected chi connectivity index (χ0v) is 14.9. The van der Waals surface area contributed by atoms with Crippen molar-refractivity contribution >= 4 is 23.7 Å². The molecule has 130 valence electrons. The summed E-state index contributed by atoms with van der Waals surface area (Å²) < 4.78 is 0. The van der Waals surface area contributed by atoms with Crippen LogP contribution in [0.5, 0.6) is 0 Å². The monoisotopic (exact) mass is 349 g/mol. The van der Waals surface area contributed by atoms with Crippen molar-refractivity contribution in [3.63, 3.8) is 0 Å². The Hall–Kier alpha value is -1.59. The minimum Gasteiger partial charge on any atom is -0.399 e. The average Bonchev–Trinajstić information content (AvgIpc) is 2.79. The van der Waals surface area contributed by atoms with Crippen LogP contribution >= 0.6 is 11.6 Å². The molecule has 0 aliphatic carbocycles. The highest BCUT2D eigenvalue weighted by Gasteiger charge is 2.41. The van der Waals surface area contributed by atoms with E-state index >= 15 is 0 Å². The van der Waals surface area contributed by atoms with E-state index in [1.807, 2.05) is 24.3 Å². The molecule has 1 amide bonds. The van der Waals surface area contributed by atoms with Gasteiger partial charge >= 0.3 is 0 Å². The van der Waals surface area contributed by atoms with Gasteiger partial charge in [0.15, 0.2) is 0 Å². The molecule has 1 aromatic rings. The molecule has 0 saturated carbocycles. The van der Waals surface area contributed by atoms with Gasteiger partial charge in [0, 0.05) is 17.1 Å². The van der Waals surface area contributed by atoms with Crippen LogP contribution in [-0.4, -0.2) is 43.3 Å². The molecule has 0 radical (unpaired) electrons. The second-order valence-corrected chi connectivity index (χ2v) is 7.17. The summed E-state index contributed by atoms with van der Waals surface area (Å²) in [6, 6.07) is 8.96. The molecule has 2 saturated heterocycles. The first-order valence-corrected chi connectivity index (χ1v) is 8.80. The molecular weight excluding hydrogens is 326 g/mol. The molecule has 2 aliphatic heterocycles. The summed E-state index contributed by atoms with van der Waals surface area (Å²) in [6.45, 7) is 0. The summed E-state index contributed by atoms with van der Waals surface area (Å²) in [7, 11) is 3.65. The quantitative estimate of drug-likeness (QED) is 0.656. The molecule has 6 heteroatoms. The number of halogens is 1. The van der Waals surface area contributed by atoms with Crippen LogP contribution in [0.3, 0.4) is 0 Å². The van der Waals surface area contributed by atoms with Crippen molar-refractivity contribution in [2.75, 3.05) is 14.2 Å².